The number of rotatable bonds is 4. The number of hydrogen-bond donors (Lipinski definition) is 3. The van der Waals surface area contributed by atoms with Crippen molar-refractivity contribution in [2.45, 2.75) is 24.4 Å². The van der Waals surface area contributed by atoms with Crippen LogP contribution in [-0.4, -0.2) is 66.5 Å². The van der Waals surface area contributed by atoms with Gasteiger partial charge in [-0.25, -0.2) is 5.01 Å². The lowest BCUT2D eigenvalue weighted by atomic mass is 9.73. The van der Waals surface area contributed by atoms with Crippen LogP contribution in [0.5, 0.6) is 0 Å². The topological polar surface area (TPSA) is 103 Å². The summed E-state index contributed by atoms with van der Waals surface area (Å²) in [7, 11) is 0. The lowest BCUT2D eigenvalue weighted by Crippen LogP contribution is -2.58. The summed E-state index contributed by atoms with van der Waals surface area (Å²) in [5.74, 6) is -3.21. The lowest BCUT2D eigenvalue weighted by molar-refractivity contribution is -0.144. The predicted molar refractivity (Wildman–Crippen MR) is 149 cm³/mol. The van der Waals surface area contributed by atoms with Gasteiger partial charge in [0, 0.05) is 45.5 Å². The number of amides is 3. The second-order valence-electron chi connectivity index (χ2n) is 10.2. The number of ether oxygens (including phenoxy) is 1. The van der Waals surface area contributed by atoms with E-state index in [1.807, 2.05) is 4.90 Å². The zero-order valence-electron chi connectivity index (χ0n) is 20.6. The highest BCUT2D eigenvalue weighted by Crippen LogP contribution is 2.59. The molecule has 4 aliphatic rings. The number of carbonyl (C=O) groups is 3. The maximum atomic E-state index is 14.2. The zero-order valence-corrected chi connectivity index (χ0v) is 23.6. The van der Waals surface area contributed by atoms with Crippen molar-refractivity contribution in [2.24, 2.45) is 11.8 Å². The van der Waals surface area contributed by atoms with Crippen molar-refractivity contribution >= 4 is 75.5 Å². The van der Waals surface area contributed by atoms with E-state index in [0.717, 1.165) is 6.42 Å². The average Bonchev–Trinajstić information content (AvgIpc) is 3.53. The first-order valence-corrected chi connectivity index (χ1v) is 14.2. The summed E-state index contributed by atoms with van der Waals surface area (Å²) < 4.78 is 5.42. The van der Waals surface area contributed by atoms with Gasteiger partial charge in [-0.2, -0.15) is 0 Å². The lowest BCUT2D eigenvalue weighted by Gasteiger charge is -2.38. The molecule has 4 atom stereocenters. The molecule has 3 saturated heterocycles. The number of nitrogens with one attached hydrogen (secondary N) is 3. The van der Waals surface area contributed by atoms with Gasteiger partial charge in [0.25, 0.3) is 5.91 Å². The Morgan fingerprint density at radius 3 is 2.36 bits per heavy atom. The van der Waals surface area contributed by atoms with Crippen LogP contribution in [0.4, 0.5) is 11.4 Å². The fraction of sp³-hybridized carbons (Fsp3) is 0.423. The van der Waals surface area contributed by atoms with Crippen molar-refractivity contribution in [1.82, 2.24) is 15.3 Å². The molecule has 0 aliphatic carbocycles. The molecule has 2 aromatic rings. The molecule has 4 aliphatic heterocycles. The zero-order chi connectivity index (χ0) is 27.5. The Hall–Kier alpha value is -2.11. The molecule has 0 bridgehead atoms. The Bertz CT molecular complexity index is 1350. The highest BCUT2D eigenvalue weighted by molar-refractivity contribution is 6.38. The van der Waals surface area contributed by atoms with Gasteiger partial charge in [0.1, 0.15) is 5.54 Å². The molecule has 206 valence electrons. The Morgan fingerprint density at radius 2 is 1.64 bits per heavy atom. The summed E-state index contributed by atoms with van der Waals surface area (Å²) in [6.45, 7) is 2.40. The van der Waals surface area contributed by atoms with Crippen molar-refractivity contribution < 1.29 is 19.1 Å². The molecule has 2 aromatic carbocycles. The molecule has 3 N–H and O–H groups in total. The number of fused-ring (bicyclic) bond motifs is 4. The third-order valence-corrected chi connectivity index (χ3v) is 8.97. The Morgan fingerprint density at radius 1 is 0.949 bits per heavy atom. The van der Waals surface area contributed by atoms with E-state index >= 15 is 0 Å². The molecule has 0 aromatic heterocycles. The van der Waals surface area contributed by atoms with Crippen LogP contribution in [0, 0.1) is 11.8 Å². The van der Waals surface area contributed by atoms with Gasteiger partial charge in [0.15, 0.2) is 0 Å². The van der Waals surface area contributed by atoms with Gasteiger partial charge >= 0.3 is 0 Å². The first-order valence-electron chi connectivity index (χ1n) is 12.7. The smallest absolute Gasteiger partial charge is 0.250 e. The Labute approximate surface area is 245 Å². The summed E-state index contributed by atoms with van der Waals surface area (Å²) in [6.07, 6.45) is 1.39. The predicted octanol–water partition coefficient (Wildman–Crippen LogP) is 4.16. The van der Waals surface area contributed by atoms with Crippen LogP contribution < -0.4 is 16.1 Å². The third-order valence-electron chi connectivity index (χ3n) is 8.02. The first kappa shape index (κ1) is 27.1. The van der Waals surface area contributed by atoms with Crippen LogP contribution in [0.2, 0.25) is 20.1 Å². The minimum absolute atomic E-state index is 0.271. The van der Waals surface area contributed by atoms with Gasteiger partial charge < -0.3 is 15.4 Å². The van der Waals surface area contributed by atoms with Gasteiger partial charge in [0.2, 0.25) is 11.8 Å². The number of carbonyl (C=O) groups excluding carboxylic acids is 3. The van der Waals surface area contributed by atoms with Gasteiger partial charge in [0.05, 0.1) is 35.8 Å². The minimum atomic E-state index is -1.48. The fourth-order valence-corrected chi connectivity index (χ4v) is 7.69. The highest BCUT2D eigenvalue weighted by atomic mass is 35.5. The van der Waals surface area contributed by atoms with E-state index < -0.39 is 35.1 Å². The van der Waals surface area contributed by atoms with Crippen molar-refractivity contribution in [3.63, 3.8) is 0 Å². The molecule has 0 saturated carbocycles. The second kappa shape index (κ2) is 10.4. The van der Waals surface area contributed by atoms with Crippen molar-refractivity contribution in [2.75, 3.05) is 43.5 Å². The molecule has 4 heterocycles. The van der Waals surface area contributed by atoms with E-state index in [9.17, 15) is 14.4 Å². The monoisotopic (exact) mass is 611 g/mol. The van der Waals surface area contributed by atoms with Crippen LogP contribution in [0.25, 0.3) is 0 Å². The molecule has 3 fully saturated rings. The van der Waals surface area contributed by atoms with Crippen LogP contribution in [0.15, 0.2) is 30.3 Å². The average molecular weight is 613 g/mol. The molecule has 9 nitrogen and oxygen atoms in total. The van der Waals surface area contributed by atoms with Crippen LogP contribution >= 0.6 is 46.4 Å². The number of hydrazine groups is 1. The van der Waals surface area contributed by atoms with Crippen molar-refractivity contribution in [3.05, 3.63) is 56.0 Å². The van der Waals surface area contributed by atoms with E-state index in [4.69, 9.17) is 51.1 Å². The summed E-state index contributed by atoms with van der Waals surface area (Å²) in [6, 6.07) is 7.57. The van der Waals surface area contributed by atoms with Crippen molar-refractivity contribution in [1.29, 1.82) is 0 Å². The van der Waals surface area contributed by atoms with E-state index in [1.54, 1.807) is 35.3 Å². The molecular weight excluding hydrogens is 588 g/mol. The third kappa shape index (κ3) is 4.48. The van der Waals surface area contributed by atoms with E-state index in [1.165, 1.54) is 0 Å². The summed E-state index contributed by atoms with van der Waals surface area (Å²) >= 11 is 25.3. The maximum absolute atomic E-state index is 14.2. The molecule has 0 radical (unpaired) electrons. The normalized spacial score (nSPS) is 28.3. The SMILES string of the molecule is O=C(Nc1cc(Cl)cc(Cl)c1)[C@H]1[C@H]2CCCN2C2(C(=O)Nc3c(Cl)cc(Cl)cc32)[C@H]1C(=O)NN1CCOCC1. The van der Waals surface area contributed by atoms with Crippen LogP contribution in [0.3, 0.4) is 0 Å². The minimum Gasteiger partial charge on any atom is -0.379 e. The van der Waals surface area contributed by atoms with Gasteiger partial charge in [-0.3, -0.25) is 24.7 Å². The quantitative estimate of drug-likeness (QED) is 0.479. The second-order valence-corrected chi connectivity index (χ2v) is 11.9. The number of hydrogen-bond acceptors (Lipinski definition) is 6. The first-order chi connectivity index (χ1) is 18.7. The number of nitrogens with zero attached hydrogens (tertiary/aromatic N) is 2. The van der Waals surface area contributed by atoms with E-state index in [2.05, 4.69) is 16.1 Å². The van der Waals surface area contributed by atoms with E-state index in [-0.39, 0.29) is 11.1 Å². The molecule has 39 heavy (non-hydrogen) atoms. The maximum Gasteiger partial charge on any atom is 0.250 e. The highest BCUT2D eigenvalue weighted by Gasteiger charge is 2.71. The standard InChI is InChI=1S/C26H25Cl4N5O4/c27-13-8-14(28)10-16(9-13)31-23(36)20-19-2-1-3-35(19)26(21(20)24(37)33-34-4-6-39-7-5-34)17-11-15(29)12-18(30)22(17)32-25(26)38/h8-12,19-21H,1-7H2,(H,31,36)(H,32,38)(H,33,37)/t19-,20+,21-,26?/m1/s1. The largest absolute Gasteiger partial charge is 0.379 e. The van der Waals surface area contributed by atoms with Crippen molar-refractivity contribution in [3.8, 4) is 0 Å². The van der Waals surface area contributed by atoms with Gasteiger partial charge in [-0.15, -0.1) is 0 Å². The Balaban J connectivity index is 1.47. The molecule has 13 heteroatoms. The molecule has 6 rings (SSSR count). The summed E-state index contributed by atoms with van der Waals surface area (Å²) in [4.78, 5) is 44.3. The van der Waals surface area contributed by atoms with E-state index in [0.29, 0.717) is 71.3 Å². The summed E-state index contributed by atoms with van der Waals surface area (Å²) in [5.41, 5.74) is 2.80. The number of benzene rings is 2. The van der Waals surface area contributed by atoms with Gasteiger partial charge in [-0.05, 0) is 49.7 Å². The van der Waals surface area contributed by atoms with Crippen LogP contribution in [-0.2, 0) is 24.7 Å². The molecule has 1 spiro atoms. The Kier molecular flexibility index (Phi) is 7.20. The number of morpholine rings is 1. The van der Waals surface area contributed by atoms with Gasteiger partial charge in [-0.1, -0.05) is 46.4 Å². The molecule has 3 amide bonds. The molecular formula is C26H25Cl4N5O4. The molecule has 1 unspecified atom stereocenters. The number of anilines is 2. The fourth-order valence-electron chi connectivity index (χ4n) is 6.62. The number of halogens is 4. The van der Waals surface area contributed by atoms with Crippen LogP contribution in [0.1, 0.15) is 18.4 Å². The summed E-state index contributed by atoms with van der Waals surface area (Å²) in [5, 5.41) is 8.88.